The van der Waals surface area contributed by atoms with E-state index < -0.39 is 48.1 Å². The van der Waals surface area contributed by atoms with Crippen LogP contribution in [-0.4, -0.2) is 77.0 Å². The molecule has 0 unspecified atom stereocenters. The van der Waals surface area contributed by atoms with Crippen molar-refractivity contribution in [1.82, 2.24) is 4.98 Å². The second-order valence-electron chi connectivity index (χ2n) is 10.8. The van der Waals surface area contributed by atoms with Crippen LogP contribution in [0.3, 0.4) is 0 Å². The molecule has 0 bridgehead atoms. The van der Waals surface area contributed by atoms with Gasteiger partial charge in [-0.15, -0.1) is 0 Å². The van der Waals surface area contributed by atoms with Crippen molar-refractivity contribution in [2.24, 2.45) is 0 Å². The number of halogens is 3. The number of anilines is 4. The summed E-state index contributed by atoms with van der Waals surface area (Å²) in [5.74, 6) is -4.39. The highest BCUT2D eigenvalue weighted by molar-refractivity contribution is 7.92. The summed E-state index contributed by atoms with van der Waals surface area (Å²) in [6, 6.07) is 9.12. The van der Waals surface area contributed by atoms with Gasteiger partial charge in [0.2, 0.25) is 10.0 Å². The summed E-state index contributed by atoms with van der Waals surface area (Å²) in [7, 11) is -5.35. The van der Waals surface area contributed by atoms with Crippen LogP contribution >= 0.6 is 0 Å². The molecule has 0 aliphatic carbocycles. The van der Waals surface area contributed by atoms with E-state index in [1.165, 1.54) is 12.1 Å². The molecule has 0 atom stereocenters. The number of carbonyl (C=O) groups excluding carboxylic acids is 1. The Bertz CT molecular complexity index is 1310. The molecule has 9 nitrogen and oxygen atoms in total. The molecule has 2 aliphatic rings. The molecule has 0 saturated carbocycles. The third kappa shape index (κ3) is 7.42. The minimum atomic E-state index is -3.98. The summed E-state index contributed by atoms with van der Waals surface area (Å²) in [6.07, 6.45) is -0.588. The van der Waals surface area contributed by atoms with E-state index >= 15 is 4.39 Å². The van der Waals surface area contributed by atoms with Gasteiger partial charge >= 0.3 is 0 Å². The Morgan fingerprint density at radius 2 is 1.74 bits per heavy atom. The van der Waals surface area contributed by atoms with E-state index in [2.05, 4.69) is 28.1 Å². The number of benzene rings is 1. The van der Waals surface area contributed by atoms with Gasteiger partial charge in [0.1, 0.15) is 17.3 Å². The highest BCUT2D eigenvalue weighted by Crippen LogP contribution is 2.36. The Labute approximate surface area is 227 Å². The van der Waals surface area contributed by atoms with Gasteiger partial charge in [0.05, 0.1) is 37.5 Å². The highest BCUT2D eigenvalue weighted by Gasteiger charge is 2.34. The second-order valence-corrected chi connectivity index (χ2v) is 18.0. The van der Waals surface area contributed by atoms with E-state index in [0.717, 1.165) is 18.2 Å². The molecule has 0 radical (unpaired) electrons. The smallest absolute Gasteiger partial charge is 0.274 e. The first kappa shape index (κ1) is 29.1. The van der Waals surface area contributed by atoms with Crippen molar-refractivity contribution >= 4 is 46.9 Å². The Balaban J connectivity index is 1.61. The molecule has 214 valence electrons. The van der Waals surface area contributed by atoms with Crippen molar-refractivity contribution in [2.45, 2.75) is 43.9 Å². The lowest BCUT2D eigenvalue weighted by molar-refractivity contribution is -0.0221. The lowest BCUT2D eigenvalue weighted by Gasteiger charge is -2.38. The van der Waals surface area contributed by atoms with Crippen LogP contribution in [0.4, 0.5) is 36.1 Å². The number of nitrogens with one attached hydrogen (secondary N) is 2. The number of sulfonamides is 1. The SMILES string of the molecule is C[Si]1(C)CCN(c2cc(NS(=O)(=O)CCO)c(F)cc2NC(=O)c2cccc(N3CCC(F)(F)CC3)n2)CC1. The Morgan fingerprint density at radius 1 is 1.08 bits per heavy atom. The van der Waals surface area contributed by atoms with Gasteiger partial charge < -0.3 is 20.2 Å². The normalized spacial score (nSPS) is 19.0. The number of aliphatic hydroxyl groups excluding tert-OH is 1. The zero-order valence-electron chi connectivity index (χ0n) is 22.0. The molecule has 3 heterocycles. The number of hydrogen-bond acceptors (Lipinski definition) is 7. The lowest BCUT2D eigenvalue weighted by atomic mass is 10.1. The third-order valence-corrected chi connectivity index (χ3v) is 11.6. The molecule has 1 aromatic carbocycles. The molecule has 2 saturated heterocycles. The van der Waals surface area contributed by atoms with Gasteiger partial charge in [-0.25, -0.2) is 26.6 Å². The predicted octanol–water partition coefficient (Wildman–Crippen LogP) is 3.97. The number of aliphatic hydroxyl groups is 1. The maximum Gasteiger partial charge on any atom is 0.274 e. The summed E-state index contributed by atoms with van der Waals surface area (Å²) >= 11 is 0. The molecule has 1 aromatic heterocycles. The largest absolute Gasteiger partial charge is 0.395 e. The van der Waals surface area contributed by atoms with E-state index in [1.807, 2.05) is 4.90 Å². The quantitative estimate of drug-likeness (QED) is 0.402. The number of pyridine rings is 1. The Morgan fingerprint density at radius 3 is 2.38 bits per heavy atom. The van der Waals surface area contributed by atoms with Crippen molar-refractivity contribution < 1.29 is 31.5 Å². The van der Waals surface area contributed by atoms with Gasteiger partial charge in [0.15, 0.2) is 0 Å². The maximum absolute atomic E-state index is 15.1. The first-order chi connectivity index (χ1) is 18.3. The van der Waals surface area contributed by atoms with E-state index in [0.29, 0.717) is 24.6 Å². The van der Waals surface area contributed by atoms with Crippen LogP contribution in [-0.2, 0) is 10.0 Å². The molecule has 2 aliphatic heterocycles. The standard InChI is InChI=1S/C25H34F3N5O4SSi/c1-39(2)14-10-32(11-15-39)22-17-20(31-38(36,37)13-12-34)18(26)16-21(22)30-24(35)19-4-3-5-23(29-19)33-8-6-25(27,28)7-9-33/h3-5,16-17,31,34H,6-15H2,1-2H3,(H,30,35). The Kier molecular flexibility index (Phi) is 8.47. The number of aromatic nitrogens is 1. The first-order valence-corrected chi connectivity index (χ1v) is 18.0. The van der Waals surface area contributed by atoms with Gasteiger partial charge in [-0.2, -0.15) is 0 Å². The predicted molar refractivity (Wildman–Crippen MR) is 149 cm³/mol. The third-order valence-electron chi connectivity index (χ3n) is 7.20. The molecule has 2 aromatic rings. The average molecular weight is 586 g/mol. The van der Waals surface area contributed by atoms with Crippen molar-refractivity contribution in [1.29, 1.82) is 0 Å². The molecule has 14 heteroatoms. The summed E-state index contributed by atoms with van der Waals surface area (Å²) < 4.78 is 68.8. The van der Waals surface area contributed by atoms with Crippen molar-refractivity contribution in [3.05, 3.63) is 41.8 Å². The first-order valence-electron chi connectivity index (χ1n) is 12.9. The topological polar surface area (TPSA) is 115 Å². The van der Waals surface area contributed by atoms with Crippen molar-refractivity contribution in [3.8, 4) is 0 Å². The maximum atomic E-state index is 15.1. The van der Waals surface area contributed by atoms with Gasteiger partial charge in [-0.05, 0) is 30.3 Å². The van der Waals surface area contributed by atoms with Crippen LogP contribution in [0.15, 0.2) is 30.3 Å². The fourth-order valence-corrected chi connectivity index (χ4v) is 7.50. The minimum Gasteiger partial charge on any atom is -0.395 e. The lowest BCUT2D eigenvalue weighted by Crippen LogP contribution is -2.43. The van der Waals surface area contributed by atoms with Crippen LogP contribution in [0, 0.1) is 5.82 Å². The minimum absolute atomic E-state index is 0.0381. The number of rotatable bonds is 8. The number of piperidine rings is 1. The van der Waals surface area contributed by atoms with Crippen LogP contribution in [0.1, 0.15) is 23.3 Å². The Hall–Kier alpha value is -2.84. The van der Waals surface area contributed by atoms with Gasteiger partial charge in [-0.1, -0.05) is 19.2 Å². The fourth-order valence-electron chi connectivity index (χ4n) is 4.67. The molecule has 4 rings (SSSR count). The van der Waals surface area contributed by atoms with Gasteiger partial charge in [0, 0.05) is 45.1 Å². The zero-order valence-corrected chi connectivity index (χ0v) is 23.8. The molecule has 0 spiro atoms. The number of amides is 1. The van der Waals surface area contributed by atoms with E-state index in [9.17, 15) is 22.0 Å². The molecular weight excluding hydrogens is 551 g/mol. The summed E-state index contributed by atoms with van der Waals surface area (Å²) in [6.45, 7) is 5.53. The molecule has 2 fully saturated rings. The summed E-state index contributed by atoms with van der Waals surface area (Å²) in [5, 5.41) is 11.7. The number of carbonyl (C=O) groups is 1. The van der Waals surface area contributed by atoms with Crippen LogP contribution < -0.4 is 19.8 Å². The molecule has 39 heavy (non-hydrogen) atoms. The van der Waals surface area contributed by atoms with Crippen molar-refractivity contribution in [3.63, 3.8) is 0 Å². The number of hydrogen-bond donors (Lipinski definition) is 3. The van der Waals surface area contributed by atoms with E-state index in [-0.39, 0.29) is 43.0 Å². The number of alkyl halides is 2. The van der Waals surface area contributed by atoms with Crippen molar-refractivity contribution in [2.75, 3.05) is 58.4 Å². The highest BCUT2D eigenvalue weighted by atomic mass is 32.2. The van der Waals surface area contributed by atoms with Gasteiger partial charge in [0.25, 0.3) is 11.8 Å². The van der Waals surface area contributed by atoms with Gasteiger partial charge in [-0.3, -0.25) is 9.52 Å². The van der Waals surface area contributed by atoms with Crippen LogP contribution in [0.5, 0.6) is 0 Å². The summed E-state index contributed by atoms with van der Waals surface area (Å²) in [5.41, 5.74) is 0.385. The van der Waals surface area contributed by atoms with E-state index in [1.54, 1.807) is 17.0 Å². The molecule has 3 N–H and O–H groups in total. The molecule has 1 amide bonds. The fraction of sp³-hybridized carbons (Fsp3) is 0.520. The van der Waals surface area contributed by atoms with Crippen LogP contribution in [0.2, 0.25) is 25.2 Å². The zero-order chi connectivity index (χ0) is 28.4. The van der Waals surface area contributed by atoms with Crippen LogP contribution in [0.25, 0.3) is 0 Å². The molecular formula is C25H34F3N5O4SSi. The monoisotopic (exact) mass is 585 g/mol. The second kappa shape index (κ2) is 11.3. The van der Waals surface area contributed by atoms with E-state index in [4.69, 9.17) is 5.11 Å². The summed E-state index contributed by atoms with van der Waals surface area (Å²) in [4.78, 5) is 21.3. The average Bonchev–Trinajstić information content (AvgIpc) is 2.86. The number of nitrogens with zero attached hydrogens (tertiary/aromatic N) is 3.